The van der Waals surface area contributed by atoms with Gasteiger partial charge >= 0.3 is 0 Å². The van der Waals surface area contributed by atoms with Gasteiger partial charge in [-0.05, 0) is 24.7 Å². The van der Waals surface area contributed by atoms with Crippen molar-refractivity contribution in [1.29, 1.82) is 0 Å². The standard InChI is InChI=1S/C12H25NS/c1-5-6-7-10(2)8-11(3)12(4)14-9-13/h6-7,10-12H,5,8-9,13H2,1-4H3. The number of allylic oxidation sites excluding steroid dienone is 2. The van der Waals surface area contributed by atoms with Gasteiger partial charge in [-0.15, -0.1) is 11.8 Å². The number of hydrogen-bond donors (Lipinski definition) is 1. The van der Waals surface area contributed by atoms with Gasteiger partial charge in [0.25, 0.3) is 0 Å². The zero-order chi connectivity index (χ0) is 11.0. The van der Waals surface area contributed by atoms with E-state index in [-0.39, 0.29) is 0 Å². The minimum atomic E-state index is 0.678. The average Bonchev–Trinajstić information content (AvgIpc) is 2.15. The highest BCUT2D eigenvalue weighted by atomic mass is 32.2. The molecule has 0 heterocycles. The number of nitrogens with two attached hydrogens (primary N) is 1. The van der Waals surface area contributed by atoms with Crippen LogP contribution in [0, 0.1) is 11.8 Å². The van der Waals surface area contributed by atoms with E-state index in [0.717, 1.165) is 18.2 Å². The monoisotopic (exact) mass is 215 g/mol. The molecule has 0 aromatic heterocycles. The molecule has 0 radical (unpaired) electrons. The lowest BCUT2D eigenvalue weighted by atomic mass is 9.94. The Bertz CT molecular complexity index is 156. The van der Waals surface area contributed by atoms with Crippen LogP contribution in [0.5, 0.6) is 0 Å². The molecule has 0 aliphatic rings. The smallest absolute Gasteiger partial charge is 0.0395 e. The minimum absolute atomic E-state index is 0.678. The van der Waals surface area contributed by atoms with E-state index in [0.29, 0.717) is 11.2 Å². The van der Waals surface area contributed by atoms with Crippen molar-refractivity contribution in [3.8, 4) is 0 Å². The van der Waals surface area contributed by atoms with Crippen LogP contribution in [-0.4, -0.2) is 11.1 Å². The second kappa shape index (κ2) is 8.37. The molecule has 0 saturated carbocycles. The number of hydrogen-bond acceptors (Lipinski definition) is 2. The summed E-state index contributed by atoms with van der Waals surface area (Å²) in [5, 5.41) is 0.678. The molecule has 0 amide bonds. The van der Waals surface area contributed by atoms with E-state index in [2.05, 4.69) is 39.8 Å². The van der Waals surface area contributed by atoms with Gasteiger partial charge in [0, 0.05) is 11.1 Å². The van der Waals surface area contributed by atoms with Gasteiger partial charge in [-0.2, -0.15) is 0 Å². The average molecular weight is 215 g/mol. The number of rotatable bonds is 7. The summed E-state index contributed by atoms with van der Waals surface area (Å²) in [6, 6.07) is 0. The lowest BCUT2D eigenvalue weighted by Crippen LogP contribution is -2.15. The van der Waals surface area contributed by atoms with Crippen molar-refractivity contribution in [1.82, 2.24) is 0 Å². The molecule has 0 aliphatic heterocycles. The summed E-state index contributed by atoms with van der Waals surface area (Å²) in [4.78, 5) is 0. The third-order valence-corrected chi connectivity index (χ3v) is 3.79. The Morgan fingerprint density at radius 2 is 1.93 bits per heavy atom. The molecular formula is C12H25NS. The van der Waals surface area contributed by atoms with Gasteiger partial charge in [0.2, 0.25) is 0 Å². The molecule has 3 atom stereocenters. The second-order valence-electron chi connectivity index (χ2n) is 4.07. The van der Waals surface area contributed by atoms with E-state index >= 15 is 0 Å². The molecule has 0 aliphatic carbocycles. The van der Waals surface area contributed by atoms with Gasteiger partial charge in [-0.3, -0.25) is 0 Å². The molecule has 3 unspecified atom stereocenters. The molecule has 2 heteroatoms. The lowest BCUT2D eigenvalue weighted by Gasteiger charge is -2.20. The van der Waals surface area contributed by atoms with E-state index in [1.54, 1.807) is 0 Å². The molecule has 0 aromatic rings. The van der Waals surface area contributed by atoms with Crippen LogP contribution in [0.2, 0.25) is 0 Å². The summed E-state index contributed by atoms with van der Waals surface area (Å²) in [5.74, 6) is 2.19. The van der Waals surface area contributed by atoms with Crippen molar-refractivity contribution in [3.05, 3.63) is 12.2 Å². The maximum absolute atomic E-state index is 5.53. The first-order valence-electron chi connectivity index (χ1n) is 5.60. The van der Waals surface area contributed by atoms with Crippen molar-refractivity contribution >= 4 is 11.8 Å². The van der Waals surface area contributed by atoms with E-state index < -0.39 is 0 Å². The molecule has 14 heavy (non-hydrogen) atoms. The number of thioether (sulfide) groups is 1. The van der Waals surface area contributed by atoms with Crippen LogP contribution in [0.3, 0.4) is 0 Å². The molecule has 0 spiro atoms. The molecule has 0 saturated heterocycles. The highest BCUT2D eigenvalue weighted by molar-refractivity contribution is 7.99. The maximum atomic E-state index is 5.53. The molecule has 2 N–H and O–H groups in total. The Hall–Kier alpha value is 0.0500. The predicted molar refractivity (Wildman–Crippen MR) is 68.5 cm³/mol. The van der Waals surface area contributed by atoms with Crippen molar-refractivity contribution in [3.63, 3.8) is 0 Å². The van der Waals surface area contributed by atoms with E-state index in [1.807, 2.05) is 11.8 Å². The lowest BCUT2D eigenvalue weighted by molar-refractivity contribution is 0.463. The van der Waals surface area contributed by atoms with Crippen molar-refractivity contribution < 1.29 is 0 Å². The third-order valence-electron chi connectivity index (χ3n) is 2.60. The summed E-state index contributed by atoms with van der Waals surface area (Å²) >= 11 is 1.86. The first-order valence-corrected chi connectivity index (χ1v) is 6.65. The van der Waals surface area contributed by atoms with E-state index in [9.17, 15) is 0 Å². The molecule has 0 bridgehead atoms. The maximum Gasteiger partial charge on any atom is 0.0395 e. The fourth-order valence-corrected chi connectivity index (χ4v) is 2.28. The zero-order valence-corrected chi connectivity index (χ0v) is 10.8. The molecule has 0 aromatic carbocycles. The quantitative estimate of drug-likeness (QED) is 0.518. The van der Waals surface area contributed by atoms with Gasteiger partial charge in [-0.1, -0.05) is 39.8 Å². The van der Waals surface area contributed by atoms with Gasteiger partial charge in [-0.25, -0.2) is 0 Å². The normalized spacial score (nSPS) is 18.4. The zero-order valence-electron chi connectivity index (χ0n) is 9.99. The summed E-state index contributed by atoms with van der Waals surface area (Å²) < 4.78 is 0. The first kappa shape index (κ1) is 14.1. The van der Waals surface area contributed by atoms with E-state index in [4.69, 9.17) is 5.73 Å². The first-order chi connectivity index (χ1) is 6.61. The van der Waals surface area contributed by atoms with Crippen LogP contribution in [0.15, 0.2) is 12.2 Å². The van der Waals surface area contributed by atoms with Crippen LogP contribution < -0.4 is 5.73 Å². The molecular weight excluding hydrogens is 190 g/mol. The van der Waals surface area contributed by atoms with Crippen LogP contribution in [0.1, 0.15) is 40.5 Å². The predicted octanol–water partition coefficient (Wildman–Crippen LogP) is 3.65. The summed E-state index contributed by atoms with van der Waals surface area (Å²) in [7, 11) is 0. The van der Waals surface area contributed by atoms with E-state index in [1.165, 1.54) is 6.42 Å². The molecule has 84 valence electrons. The van der Waals surface area contributed by atoms with Gasteiger partial charge in [0.1, 0.15) is 0 Å². The highest BCUT2D eigenvalue weighted by Crippen LogP contribution is 2.24. The Morgan fingerprint density at radius 1 is 1.29 bits per heavy atom. The topological polar surface area (TPSA) is 26.0 Å². The third kappa shape index (κ3) is 6.50. The minimum Gasteiger partial charge on any atom is -0.322 e. The van der Waals surface area contributed by atoms with Gasteiger partial charge < -0.3 is 5.73 Å². The van der Waals surface area contributed by atoms with Gasteiger partial charge in [0.05, 0.1) is 0 Å². The fraction of sp³-hybridized carbons (Fsp3) is 0.833. The summed E-state index contributed by atoms with van der Waals surface area (Å²) in [5.41, 5.74) is 5.53. The second-order valence-corrected chi connectivity index (χ2v) is 5.48. The molecule has 1 nitrogen and oxygen atoms in total. The van der Waals surface area contributed by atoms with Crippen LogP contribution in [0.4, 0.5) is 0 Å². The Balaban J connectivity index is 3.79. The van der Waals surface area contributed by atoms with Gasteiger partial charge in [0.15, 0.2) is 0 Å². The molecule has 0 fully saturated rings. The van der Waals surface area contributed by atoms with Crippen molar-refractivity contribution in [2.75, 3.05) is 5.88 Å². The molecule has 0 rings (SSSR count). The van der Waals surface area contributed by atoms with Crippen molar-refractivity contribution in [2.45, 2.75) is 45.8 Å². The van der Waals surface area contributed by atoms with Crippen LogP contribution in [0.25, 0.3) is 0 Å². The Labute approximate surface area is 93.5 Å². The SMILES string of the molecule is CCC=CC(C)CC(C)C(C)SCN. The van der Waals surface area contributed by atoms with Crippen molar-refractivity contribution in [2.24, 2.45) is 17.6 Å². The fourth-order valence-electron chi connectivity index (χ4n) is 1.54. The largest absolute Gasteiger partial charge is 0.322 e. The summed E-state index contributed by atoms with van der Waals surface area (Å²) in [6.45, 7) is 9.07. The van der Waals surface area contributed by atoms with Crippen LogP contribution in [-0.2, 0) is 0 Å². The summed E-state index contributed by atoms with van der Waals surface area (Å²) in [6.07, 6.45) is 7.00. The Kier molecular flexibility index (Phi) is 8.40. The highest BCUT2D eigenvalue weighted by Gasteiger charge is 2.13. The Morgan fingerprint density at radius 3 is 2.43 bits per heavy atom. The van der Waals surface area contributed by atoms with Crippen LogP contribution >= 0.6 is 11.8 Å².